The fourth-order valence-electron chi connectivity index (χ4n) is 2.22. The van der Waals surface area contributed by atoms with Crippen LogP contribution in [0, 0.1) is 11.3 Å². The van der Waals surface area contributed by atoms with Crippen LogP contribution in [-0.4, -0.2) is 16.0 Å². The maximum Gasteiger partial charge on any atom is 0.266 e. The average molecular weight is 303 g/mol. The van der Waals surface area contributed by atoms with Crippen LogP contribution in [0.25, 0.3) is 17.0 Å². The van der Waals surface area contributed by atoms with Crippen LogP contribution in [-0.2, 0) is 4.79 Å². The number of fused-ring (bicyclic) bond motifs is 1. The fourth-order valence-corrected chi connectivity index (χ4v) is 2.22. The Morgan fingerprint density at radius 1 is 1.17 bits per heavy atom. The molecule has 0 spiro atoms. The number of H-pyrrole nitrogens is 1. The normalized spacial score (nSPS) is 11.2. The highest BCUT2D eigenvalue weighted by Crippen LogP contribution is 2.18. The summed E-state index contributed by atoms with van der Waals surface area (Å²) in [6.07, 6.45) is 3.38. The van der Waals surface area contributed by atoms with Gasteiger partial charge in [0.2, 0.25) is 0 Å². The van der Waals surface area contributed by atoms with E-state index in [1.807, 2.05) is 36.5 Å². The van der Waals surface area contributed by atoms with Crippen molar-refractivity contribution in [3.05, 3.63) is 65.9 Å². The third kappa shape index (κ3) is 3.22. The zero-order valence-corrected chi connectivity index (χ0v) is 12.1. The molecule has 0 aliphatic rings. The molecule has 3 aromatic rings. The summed E-state index contributed by atoms with van der Waals surface area (Å²) in [4.78, 5) is 15.3. The van der Waals surface area contributed by atoms with Gasteiger partial charge in [0.15, 0.2) is 0 Å². The third-order valence-electron chi connectivity index (χ3n) is 3.38. The molecule has 0 fully saturated rings. The number of carbonyl (C=O) groups excluding carboxylic acids is 1. The molecule has 5 nitrogen and oxygen atoms in total. The minimum absolute atomic E-state index is 0.00737. The number of aromatic nitrogens is 1. The molecule has 1 amide bonds. The molecule has 23 heavy (non-hydrogen) atoms. The number of rotatable bonds is 3. The molecule has 3 N–H and O–H groups in total. The Balaban J connectivity index is 1.84. The van der Waals surface area contributed by atoms with Crippen molar-refractivity contribution in [3.63, 3.8) is 0 Å². The lowest BCUT2D eigenvalue weighted by Gasteiger charge is -2.04. The highest BCUT2D eigenvalue weighted by molar-refractivity contribution is 6.09. The van der Waals surface area contributed by atoms with Crippen molar-refractivity contribution in [2.24, 2.45) is 0 Å². The van der Waals surface area contributed by atoms with Crippen LogP contribution >= 0.6 is 0 Å². The fraction of sp³-hybridized carbons (Fsp3) is 0. The number of aromatic amines is 1. The van der Waals surface area contributed by atoms with Crippen LogP contribution in [0.15, 0.2) is 60.3 Å². The Hall–Kier alpha value is -3.52. The summed E-state index contributed by atoms with van der Waals surface area (Å²) in [6.45, 7) is 0. The first kappa shape index (κ1) is 14.4. The van der Waals surface area contributed by atoms with Gasteiger partial charge in [-0.15, -0.1) is 0 Å². The predicted octanol–water partition coefficient (Wildman–Crippen LogP) is 3.42. The molecule has 0 unspecified atom stereocenters. The quantitative estimate of drug-likeness (QED) is 0.393. The van der Waals surface area contributed by atoms with Crippen molar-refractivity contribution in [3.8, 4) is 11.8 Å². The molecule has 1 aromatic heterocycles. The van der Waals surface area contributed by atoms with E-state index in [-0.39, 0.29) is 11.3 Å². The summed E-state index contributed by atoms with van der Waals surface area (Å²) >= 11 is 0. The van der Waals surface area contributed by atoms with Gasteiger partial charge in [-0.3, -0.25) is 4.79 Å². The maximum absolute atomic E-state index is 12.2. The minimum atomic E-state index is -0.493. The molecule has 0 saturated heterocycles. The second kappa shape index (κ2) is 6.08. The largest absolute Gasteiger partial charge is 0.508 e. The average Bonchev–Trinajstić information content (AvgIpc) is 3.02. The van der Waals surface area contributed by atoms with Gasteiger partial charge in [0.1, 0.15) is 17.4 Å². The van der Waals surface area contributed by atoms with Crippen molar-refractivity contribution >= 4 is 28.6 Å². The number of hydrogen-bond donors (Lipinski definition) is 3. The Morgan fingerprint density at radius 3 is 2.70 bits per heavy atom. The van der Waals surface area contributed by atoms with Gasteiger partial charge in [0.25, 0.3) is 5.91 Å². The van der Waals surface area contributed by atoms with E-state index in [2.05, 4.69) is 10.3 Å². The first-order valence-electron chi connectivity index (χ1n) is 6.95. The number of nitrogens with one attached hydrogen (secondary N) is 2. The topological polar surface area (TPSA) is 88.9 Å². The number of phenolic OH excluding ortho intramolecular Hbond substituents is 1. The number of hydrogen-bond acceptors (Lipinski definition) is 3. The maximum atomic E-state index is 12.2. The summed E-state index contributed by atoms with van der Waals surface area (Å²) in [6, 6.07) is 15.5. The van der Waals surface area contributed by atoms with Crippen molar-refractivity contribution in [2.75, 3.05) is 5.32 Å². The van der Waals surface area contributed by atoms with Gasteiger partial charge in [-0.2, -0.15) is 5.26 Å². The number of amides is 1. The molecule has 0 bridgehead atoms. The first-order chi connectivity index (χ1) is 11.2. The standard InChI is InChI=1S/C18H13N3O2/c19-11-14(18(23)21-15-2-4-16(22)5-3-15)10-12-1-6-17-13(9-12)7-8-20-17/h1-10,20,22H,(H,21,23). The van der Waals surface area contributed by atoms with Crippen LogP contribution in [0.2, 0.25) is 0 Å². The summed E-state index contributed by atoms with van der Waals surface area (Å²) < 4.78 is 0. The molecule has 0 saturated carbocycles. The Morgan fingerprint density at radius 2 is 1.96 bits per heavy atom. The van der Waals surface area contributed by atoms with Gasteiger partial charge in [-0.1, -0.05) is 6.07 Å². The highest BCUT2D eigenvalue weighted by atomic mass is 16.3. The van der Waals surface area contributed by atoms with Crippen LogP contribution in [0.3, 0.4) is 0 Å². The van der Waals surface area contributed by atoms with E-state index >= 15 is 0 Å². The van der Waals surface area contributed by atoms with Crippen LogP contribution in [0.4, 0.5) is 5.69 Å². The summed E-state index contributed by atoms with van der Waals surface area (Å²) in [5, 5.41) is 22.1. The van der Waals surface area contributed by atoms with Crippen LogP contribution < -0.4 is 5.32 Å². The third-order valence-corrected chi connectivity index (χ3v) is 3.38. The smallest absolute Gasteiger partial charge is 0.266 e. The van der Waals surface area contributed by atoms with E-state index in [1.165, 1.54) is 12.1 Å². The SMILES string of the molecule is N#CC(=Cc1ccc2[nH]ccc2c1)C(=O)Nc1ccc(O)cc1. The van der Waals surface area contributed by atoms with Crippen molar-refractivity contribution in [2.45, 2.75) is 0 Å². The molecule has 0 aliphatic carbocycles. The van der Waals surface area contributed by atoms with E-state index in [0.717, 1.165) is 16.5 Å². The Bertz CT molecular complexity index is 931. The van der Waals surface area contributed by atoms with E-state index in [4.69, 9.17) is 0 Å². The molecule has 112 valence electrons. The van der Waals surface area contributed by atoms with Gasteiger partial charge in [-0.25, -0.2) is 0 Å². The van der Waals surface area contributed by atoms with E-state index in [9.17, 15) is 15.2 Å². The Labute approximate surface area is 132 Å². The number of anilines is 1. The zero-order valence-electron chi connectivity index (χ0n) is 12.1. The van der Waals surface area contributed by atoms with Crippen LogP contribution in [0.1, 0.15) is 5.56 Å². The van der Waals surface area contributed by atoms with Crippen molar-refractivity contribution in [1.29, 1.82) is 5.26 Å². The van der Waals surface area contributed by atoms with Crippen molar-refractivity contribution < 1.29 is 9.90 Å². The highest BCUT2D eigenvalue weighted by Gasteiger charge is 2.09. The number of benzene rings is 2. The van der Waals surface area contributed by atoms with Crippen molar-refractivity contribution in [1.82, 2.24) is 4.98 Å². The number of aromatic hydroxyl groups is 1. The molecular weight excluding hydrogens is 290 g/mol. The Kier molecular flexibility index (Phi) is 3.81. The van der Waals surface area contributed by atoms with Gasteiger partial charge in [0.05, 0.1) is 0 Å². The lowest BCUT2D eigenvalue weighted by atomic mass is 10.1. The number of nitriles is 1. The second-order valence-electron chi connectivity index (χ2n) is 5.00. The van der Waals surface area contributed by atoms with Gasteiger partial charge >= 0.3 is 0 Å². The predicted molar refractivity (Wildman–Crippen MR) is 88.6 cm³/mol. The van der Waals surface area contributed by atoms with E-state index in [0.29, 0.717) is 5.69 Å². The monoisotopic (exact) mass is 303 g/mol. The minimum Gasteiger partial charge on any atom is -0.508 e. The van der Waals surface area contributed by atoms with Gasteiger partial charge in [-0.05, 0) is 59.5 Å². The lowest BCUT2D eigenvalue weighted by molar-refractivity contribution is -0.112. The zero-order chi connectivity index (χ0) is 16.2. The number of carbonyl (C=O) groups is 1. The summed E-state index contributed by atoms with van der Waals surface area (Å²) in [5.41, 5.74) is 2.28. The van der Waals surface area contributed by atoms with Gasteiger partial charge < -0.3 is 15.4 Å². The number of phenols is 1. The van der Waals surface area contributed by atoms with E-state index in [1.54, 1.807) is 18.2 Å². The van der Waals surface area contributed by atoms with E-state index < -0.39 is 5.91 Å². The molecule has 5 heteroatoms. The molecule has 0 atom stereocenters. The number of nitrogens with zero attached hydrogens (tertiary/aromatic N) is 1. The first-order valence-corrected chi connectivity index (χ1v) is 6.95. The van der Waals surface area contributed by atoms with Crippen LogP contribution in [0.5, 0.6) is 5.75 Å². The molecular formula is C18H13N3O2. The second-order valence-corrected chi connectivity index (χ2v) is 5.00. The molecule has 3 rings (SSSR count). The molecule has 2 aromatic carbocycles. The molecule has 0 aliphatic heterocycles. The van der Waals surface area contributed by atoms with Gasteiger partial charge in [0, 0.05) is 17.4 Å². The summed E-state index contributed by atoms with van der Waals surface area (Å²) in [5.74, 6) is -0.383. The molecule has 1 heterocycles. The molecule has 0 radical (unpaired) electrons. The lowest BCUT2D eigenvalue weighted by Crippen LogP contribution is -2.13. The summed E-state index contributed by atoms with van der Waals surface area (Å²) in [7, 11) is 0.